The first-order chi connectivity index (χ1) is 30.2. The Morgan fingerprint density at radius 1 is 0.968 bits per heavy atom. The zero-order chi connectivity index (χ0) is 43.9. The number of ether oxygens (including phenoxy) is 1. The van der Waals surface area contributed by atoms with Crippen molar-refractivity contribution in [3.63, 3.8) is 0 Å². The van der Waals surface area contributed by atoms with Gasteiger partial charge < -0.3 is 29.7 Å². The molecule has 14 nitrogen and oxygen atoms in total. The smallest absolute Gasteiger partial charge is 0.301 e. The van der Waals surface area contributed by atoms with Crippen molar-refractivity contribution in [3.05, 3.63) is 63.3 Å². The van der Waals surface area contributed by atoms with Crippen LogP contribution in [0.3, 0.4) is 0 Å². The van der Waals surface area contributed by atoms with Crippen LogP contribution >= 0.6 is 11.6 Å². The molecular weight excluding hydrogens is 837 g/mol. The van der Waals surface area contributed by atoms with Crippen molar-refractivity contribution in [3.8, 4) is 5.75 Å². The monoisotopic (exact) mass is 886 g/mol. The zero-order valence-electron chi connectivity index (χ0n) is 35.5. The minimum Gasteiger partial charge on any atom is -0.480 e. The van der Waals surface area contributed by atoms with Crippen LogP contribution < -0.4 is 30.7 Å². The molecule has 10 rings (SSSR count). The van der Waals surface area contributed by atoms with E-state index in [9.17, 15) is 14.4 Å². The predicted molar refractivity (Wildman–Crippen MR) is 235 cm³/mol. The normalized spacial score (nSPS) is 23.4. The number of hydrogen-bond donors (Lipinski definition) is 2. The molecule has 3 atom stereocenters. The second-order valence-corrected chi connectivity index (χ2v) is 18.6. The Morgan fingerprint density at radius 2 is 1.73 bits per heavy atom. The molecule has 332 valence electrons. The van der Waals surface area contributed by atoms with Crippen molar-refractivity contribution in [1.29, 1.82) is 0 Å². The maximum Gasteiger partial charge on any atom is 0.301 e. The van der Waals surface area contributed by atoms with Crippen LogP contribution in [0.15, 0.2) is 41.3 Å². The molecule has 1 saturated carbocycles. The Hall–Kier alpha value is -5.42. The highest BCUT2D eigenvalue weighted by Gasteiger charge is 2.51. The number of alkyl halides is 2. The summed E-state index contributed by atoms with van der Waals surface area (Å²) in [6.45, 7) is 5.54. The van der Waals surface area contributed by atoms with Crippen molar-refractivity contribution in [1.82, 2.24) is 29.2 Å². The number of fused-ring (bicyclic) bond motifs is 4. The summed E-state index contributed by atoms with van der Waals surface area (Å²) in [7, 11) is 3.36. The first-order valence-electron chi connectivity index (χ1n) is 22.0. The zero-order valence-corrected chi connectivity index (χ0v) is 36.2. The number of aryl methyl sites for hydroxylation is 2. The number of carbonyl (C=O) groups is 2. The molecule has 7 heterocycles. The van der Waals surface area contributed by atoms with Gasteiger partial charge in [0.15, 0.2) is 18.2 Å². The number of imide groups is 1. The van der Waals surface area contributed by atoms with Crippen molar-refractivity contribution in [2.45, 2.75) is 76.2 Å². The van der Waals surface area contributed by atoms with Gasteiger partial charge >= 0.3 is 5.92 Å². The number of carbonyl (C=O) groups excluding carboxylic acids is 2. The van der Waals surface area contributed by atoms with E-state index >= 15 is 13.2 Å². The highest BCUT2D eigenvalue weighted by atomic mass is 35.5. The van der Waals surface area contributed by atoms with E-state index in [1.54, 1.807) is 43.2 Å². The molecule has 5 aromatic rings. The minimum absolute atomic E-state index is 0.0444. The van der Waals surface area contributed by atoms with E-state index in [4.69, 9.17) is 21.3 Å². The highest BCUT2D eigenvalue weighted by Crippen LogP contribution is 2.46. The molecule has 2 amide bonds. The minimum atomic E-state index is -3.14. The number of amides is 2. The van der Waals surface area contributed by atoms with Crippen LogP contribution in [-0.2, 0) is 23.7 Å². The summed E-state index contributed by atoms with van der Waals surface area (Å²) >= 11 is 6.65. The third-order valence-corrected chi connectivity index (χ3v) is 14.2. The lowest BCUT2D eigenvalue weighted by Gasteiger charge is -2.41. The number of likely N-dealkylation sites (tertiary alicyclic amines) is 1. The average Bonchev–Trinajstić information content (AvgIpc) is 4.07. The fourth-order valence-electron chi connectivity index (χ4n) is 10.2. The Labute approximate surface area is 366 Å². The average molecular weight is 887 g/mol. The van der Waals surface area contributed by atoms with Gasteiger partial charge in [-0.3, -0.25) is 19.1 Å². The van der Waals surface area contributed by atoms with Crippen LogP contribution in [0.1, 0.15) is 69.8 Å². The lowest BCUT2D eigenvalue weighted by Crippen LogP contribution is -2.45. The standard InChI is InChI=1S/C45H50ClF3N10O4/c1-24-21-58(16-13-27(24)22-57-14-11-25(12-15-57)29-19-35-31(18-33(29)47)42(54-56(35)3)59-36(60)5-4-6-37(59)61)44-50-20-32(46)41(53-44)51-28-9-10-34-30(17-28)38-39(43(62)55(34)2)63-23-45(48,49)40(52-38)26-7-8-26/h9-10,17-20,24-27,40,52H,4-8,11-16,21-23H2,1-3H3,(H,50,51,53)/t24-,27-,40-/m0/s1. The van der Waals surface area contributed by atoms with Crippen LogP contribution in [0.2, 0.25) is 5.02 Å². The molecule has 0 radical (unpaired) electrons. The molecule has 1 aliphatic carbocycles. The molecule has 2 aromatic carbocycles. The summed E-state index contributed by atoms with van der Waals surface area (Å²) in [4.78, 5) is 53.8. The molecule has 0 spiro atoms. The SMILES string of the molecule is C[C@H]1CN(c2ncc(Cl)c(Nc3ccc4c(c3)c3c(c(=O)n4C)OCC(F)(F)[C@H](C4CC4)N3)n2)CC[C@H]1CN1CCC(c2cc3c(cc2F)c(N2C(=O)CCCC2=O)nn3C)CC1. The summed E-state index contributed by atoms with van der Waals surface area (Å²) in [5.74, 6) is -2.41. The first kappa shape index (κ1) is 41.6. The fourth-order valence-corrected chi connectivity index (χ4v) is 10.3. The maximum atomic E-state index is 15.8. The van der Waals surface area contributed by atoms with E-state index in [1.807, 2.05) is 6.07 Å². The largest absolute Gasteiger partial charge is 0.480 e. The number of pyridine rings is 1. The van der Waals surface area contributed by atoms with Crippen molar-refractivity contribution in [2.24, 2.45) is 31.8 Å². The number of anilines is 5. The lowest BCUT2D eigenvalue weighted by molar-refractivity contribution is -0.129. The fraction of sp³-hybridized carbons (Fsp3) is 0.511. The van der Waals surface area contributed by atoms with Crippen LogP contribution in [0.4, 0.5) is 42.1 Å². The quantitative estimate of drug-likeness (QED) is 0.151. The number of rotatable bonds is 8. The van der Waals surface area contributed by atoms with Crippen LogP contribution in [-0.4, -0.2) is 92.3 Å². The van der Waals surface area contributed by atoms with Gasteiger partial charge in [-0.05, 0) is 111 Å². The highest BCUT2D eigenvalue weighted by molar-refractivity contribution is 6.33. The van der Waals surface area contributed by atoms with Gasteiger partial charge in [0, 0.05) is 63.0 Å². The molecule has 0 bridgehead atoms. The molecule has 63 heavy (non-hydrogen) atoms. The molecule has 2 N–H and O–H groups in total. The van der Waals surface area contributed by atoms with Gasteiger partial charge in [0.05, 0.1) is 29.0 Å². The number of nitrogens with one attached hydrogen (secondary N) is 2. The van der Waals surface area contributed by atoms with Crippen molar-refractivity contribution in [2.75, 3.05) is 59.8 Å². The summed E-state index contributed by atoms with van der Waals surface area (Å²) < 4.78 is 54.7. The van der Waals surface area contributed by atoms with E-state index in [2.05, 4.69) is 37.4 Å². The molecular formula is C45H50ClF3N10O4. The van der Waals surface area contributed by atoms with Gasteiger partial charge in [0.1, 0.15) is 10.8 Å². The number of nitrogens with zero attached hydrogens (tertiary/aromatic N) is 8. The van der Waals surface area contributed by atoms with Crippen LogP contribution in [0.25, 0.3) is 21.8 Å². The Bertz CT molecular complexity index is 2700. The number of halogens is 4. The van der Waals surface area contributed by atoms with E-state index in [0.717, 1.165) is 56.9 Å². The van der Waals surface area contributed by atoms with Crippen molar-refractivity contribution < 1.29 is 27.5 Å². The number of aromatic nitrogens is 5. The topological polar surface area (TPSA) is 143 Å². The maximum absolute atomic E-state index is 15.8. The molecule has 3 aromatic heterocycles. The molecule has 18 heteroatoms. The van der Waals surface area contributed by atoms with Gasteiger partial charge in [0.25, 0.3) is 5.56 Å². The molecule has 4 fully saturated rings. The van der Waals surface area contributed by atoms with Gasteiger partial charge in [-0.15, -0.1) is 0 Å². The van der Waals surface area contributed by atoms with E-state index in [0.29, 0.717) is 80.9 Å². The summed E-state index contributed by atoms with van der Waals surface area (Å²) in [6, 6.07) is 7.50. The number of benzene rings is 2. The second kappa shape index (κ2) is 16.0. The first-order valence-corrected chi connectivity index (χ1v) is 22.3. The Balaban J connectivity index is 0.787. The second-order valence-electron chi connectivity index (χ2n) is 18.2. The predicted octanol–water partition coefficient (Wildman–Crippen LogP) is 7.36. The molecule has 4 aliphatic heterocycles. The summed E-state index contributed by atoms with van der Waals surface area (Å²) in [5, 5.41) is 12.2. The third kappa shape index (κ3) is 7.64. The lowest BCUT2D eigenvalue weighted by atomic mass is 9.84. The van der Waals surface area contributed by atoms with Gasteiger partial charge in [0.2, 0.25) is 23.5 Å². The van der Waals surface area contributed by atoms with Crippen molar-refractivity contribution >= 4 is 74.2 Å². The summed E-state index contributed by atoms with van der Waals surface area (Å²) in [5.41, 5.74) is 2.29. The molecule has 0 unspecified atom stereocenters. The van der Waals surface area contributed by atoms with E-state index in [-0.39, 0.29) is 59.6 Å². The van der Waals surface area contributed by atoms with E-state index in [1.165, 1.54) is 10.6 Å². The van der Waals surface area contributed by atoms with Crippen LogP contribution in [0, 0.1) is 23.6 Å². The van der Waals surface area contributed by atoms with Gasteiger partial charge in [-0.2, -0.15) is 10.1 Å². The Morgan fingerprint density at radius 3 is 2.46 bits per heavy atom. The number of hydrogen-bond acceptors (Lipinski definition) is 11. The molecule has 5 aliphatic rings. The summed E-state index contributed by atoms with van der Waals surface area (Å²) in [6.07, 6.45) is 6.59. The Kier molecular flexibility index (Phi) is 10.5. The van der Waals surface area contributed by atoms with Crippen LogP contribution in [0.5, 0.6) is 5.75 Å². The molecule has 3 saturated heterocycles. The van der Waals surface area contributed by atoms with Gasteiger partial charge in [-0.1, -0.05) is 18.5 Å². The van der Waals surface area contributed by atoms with Gasteiger partial charge in [-0.25, -0.2) is 23.1 Å². The number of piperidine rings is 3. The third-order valence-electron chi connectivity index (χ3n) is 13.9. The van der Waals surface area contributed by atoms with E-state index < -0.39 is 24.1 Å².